The van der Waals surface area contributed by atoms with Crippen molar-refractivity contribution in [3.8, 4) is 0 Å². The lowest BCUT2D eigenvalue weighted by atomic mass is 10.0. The van der Waals surface area contributed by atoms with Crippen LogP contribution in [0.15, 0.2) is 35.2 Å². The molecular weight excluding hydrogens is 270 g/mol. The fraction of sp³-hybridized carbons (Fsp3) is 0.0833. The highest BCUT2D eigenvalue weighted by molar-refractivity contribution is 7.85. The van der Waals surface area contributed by atoms with Crippen molar-refractivity contribution in [2.45, 2.75) is 11.3 Å². The van der Waals surface area contributed by atoms with Gasteiger partial charge in [0.05, 0.1) is 11.3 Å². The predicted octanol–water partition coefficient (Wildman–Crippen LogP) is 1.30. The molecule has 0 saturated carbocycles. The van der Waals surface area contributed by atoms with Crippen molar-refractivity contribution in [3.63, 3.8) is 0 Å². The molecule has 0 unspecified atom stereocenters. The first-order valence-electron chi connectivity index (χ1n) is 5.29. The quantitative estimate of drug-likeness (QED) is 0.576. The summed E-state index contributed by atoms with van der Waals surface area (Å²) >= 11 is 0. The molecule has 100 valence electrons. The molecule has 6 nitrogen and oxygen atoms in total. The molecule has 0 fully saturated rings. The Morgan fingerprint density at radius 1 is 1.21 bits per heavy atom. The van der Waals surface area contributed by atoms with Gasteiger partial charge in [0.2, 0.25) is 0 Å². The molecule has 0 saturated heterocycles. The van der Waals surface area contributed by atoms with Crippen LogP contribution in [0, 0.1) is 0 Å². The average Bonchev–Trinajstić information content (AvgIpc) is 2.30. The molecule has 0 aromatic heterocycles. The topological polar surface area (TPSA) is 118 Å². The van der Waals surface area contributed by atoms with E-state index in [1.807, 2.05) is 0 Å². The second-order valence-corrected chi connectivity index (χ2v) is 5.48. The minimum Gasteiger partial charge on any atom is -0.481 e. The molecule has 2 aromatic carbocycles. The van der Waals surface area contributed by atoms with Crippen molar-refractivity contribution < 1.29 is 22.9 Å². The second kappa shape index (κ2) is 4.52. The van der Waals surface area contributed by atoms with E-state index in [0.29, 0.717) is 22.0 Å². The molecule has 2 aromatic rings. The maximum Gasteiger partial charge on any atom is 0.307 e. The number of rotatable bonds is 3. The smallest absolute Gasteiger partial charge is 0.307 e. The molecule has 0 atom stereocenters. The van der Waals surface area contributed by atoms with Gasteiger partial charge in [-0.1, -0.05) is 12.1 Å². The highest BCUT2D eigenvalue weighted by Crippen LogP contribution is 2.27. The van der Waals surface area contributed by atoms with Crippen LogP contribution in [-0.2, 0) is 21.3 Å². The SMILES string of the molecule is Nc1ccc2cc(S(=O)(=O)O)ccc2c1CC(=O)O. The molecule has 0 bridgehead atoms. The monoisotopic (exact) mass is 281 g/mol. The van der Waals surface area contributed by atoms with E-state index in [4.69, 9.17) is 15.4 Å². The molecule has 0 spiro atoms. The Morgan fingerprint density at radius 3 is 2.47 bits per heavy atom. The zero-order valence-corrected chi connectivity index (χ0v) is 10.5. The van der Waals surface area contributed by atoms with Gasteiger partial charge < -0.3 is 10.8 Å². The fourth-order valence-corrected chi connectivity index (χ4v) is 2.41. The maximum absolute atomic E-state index is 11.0. The van der Waals surface area contributed by atoms with Gasteiger partial charge in [-0.3, -0.25) is 9.35 Å². The van der Waals surface area contributed by atoms with Crippen molar-refractivity contribution in [1.29, 1.82) is 0 Å². The highest BCUT2D eigenvalue weighted by atomic mass is 32.2. The molecule has 0 amide bonds. The molecule has 2 rings (SSSR count). The number of nitrogens with two attached hydrogens (primary N) is 1. The first kappa shape index (κ1) is 13.3. The number of hydrogen-bond donors (Lipinski definition) is 3. The Labute approximate surface area is 109 Å². The average molecular weight is 281 g/mol. The van der Waals surface area contributed by atoms with Crippen LogP contribution < -0.4 is 5.73 Å². The number of nitrogen functional groups attached to an aromatic ring is 1. The van der Waals surface area contributed by atoms with Crippen LogP contribution in [-0.4, -0.2) is 24.0 Å². The molecule has 0 aliphatic carbocycles. The number of carboxylic acid groups (broad SMARTS) is 1. The summed E-state index contributed by atoms with van der Waals surface area (Å²) in [5, 5.41) is 9.89. The number of carbonyl (C=O) groups is 1. The molecule has 0 aliphatic heterocycles. The number of benzene rings is 2. The van der Waals surface area contributed by atoms with E-state index in [9.17, 15) is 13.2 Å². The zero-order valence-electron chi connectivity index (χ0n) is 9.70. The third kappa shape index (κ3) is 2.67. The Kier molecular flexibility index (Phi) is 3.17. The molecule has 0 aliphatic rings. The second-order valence-electron chi connectivity index (χ2n) is 4.06. The van der Waals surface area contributed by atoms with Gasteiger partial charge in [0.15, 0.2) is 0 Å². The zero-order chi connectivity index (χ0) is 14.2. The van der Waals surface area contributed by atoms with E-state index in [2.05, 4.69) is 0 Å². The Morgan fingerprint density at radius 2 is 1.89 bits per heavy atom. The van der Waals surface area contributed by atoms with Crippen molar-refractivity contribution >= 4 is 32.5 Å². The summed E-state index contributed by atoms with van der Waals surface area (Å²) in [4.78, 5) is 10.6. The molecule has 19 heavy (non-hydrogen) atoms. The van der Waals surface area contributed by atoms with Crippen LogP contribution in [0.1, 0.15) is 5.56 Å². The summed E-state index contributed by atoms with van der Waals surface area (Å²) in [5.41, 5.74) is 6.48. The van der Waals surface area contributed by atoms with Crippen molar-refractivity contribution in [1.82, 2.24) is 0 Å². The lowest BCUT2D eigenvalue weighted by Gasteiger charge is -2.09. The van der Waals surface area contributed by atoms with E-state index in [1.165, 1.54) is 24.3 Å². The van der Waals surface area contributed by atoms with Gasteiger partial charge in [-0.05, 0) is 34.5 Å². The van der Waals surface area contributed by atoms with Gasteiger partial charge in [0, 0.05) is 5.69 Å². The Bertz CT molecular complexity index is 767. The van der Waals surface area contributed by atoms with E-state index in [1.54, 1.807) is 6.07 Å². The summed E-state index contributed by atoms with van der Waals surface area (Å²) in [5.74, 6) is -1.03. The predicted molar refractivity (Wildman–Crippen MR) is 69.5 cm³/mol. The Balaban J connectivity index is 2.71. The first-order chi connectivity index (χ1) is 8.79. The fourth-order valence-electron chi connectivity index (χ4n) is 1.90. The van der Waals surface area contributed by atoms with E-state index in [0.717, 1.165) is 0 Å². The molecule has 0 radical (unpaired) electrons. The number of carboxylic acids is 1. The van der Waals surface area contributed by atoms with Gasteiger partial charge in [-0.2, -0.15) is 8.42 Å². The molecule has 0 heterocycles. The van der Waals surface area contributed by atoms with Crippen LogP contribution in [0.2, 0.25) is 0 Å². The van der Waals surface area contributed by atoms with Gasteiger partial charge in [-0.25, -0.2) is 0 Å². The number of hydrogen-bond acceptors (Lipinski definition) is 4. The molecular formula is C12H11NO5S. The molecule has 7 heteroatoms. The van der Waals surface area contributed by atoms with E-state index < -0.39 is 16.1 Å². The van der Waals surface area contributed by atoms with Crippen LogP contribution in [0.4, 0.5) is 5.69 Å². The van der Waals surface area contributed by atoms with Gasteiger partial charge in [0.1, 0.15) is 0 Å². The number of fused-ring (bicyclic) bond motifs is 1. The van der Waals surface area contributed by atoms with Crippen LogP contribution >= 0.6 is 0 Å². The lowest BCUT2D eigenvalue weighted by Crippen LogP contribution is -2.05. The third-order valence-corrected chi connectivity index (χ3v) is 3.61. The van der Waals surface area contributed by atoms with Crippen molar-refractivity contribution in [3.05, 3.63) is 35.9 Å². The largest absolute Gasteiger partial charge is 0.481 e. The van der Waals surface area contributed by atoms with Crippen LogP contribution in [0.5, 0.6) is 0 Å². The number of aliphatic carboxylic acids is 1. The maximum atomic E-state index is 11.0. The van der Waals surface area contributed by atoms with Crippen LogP contribution in [0.25, 0.3) is 10.8 Å². The number of anilines is 1. The normalized spacial score (nSPS) is 11.6. The van der Waals surface area contributed by atoms with Gasteiger partial charge in [-0.15, -0.1) is 0 Å². The van der Waals surface area contributed by atoms with Gasteiger partial charge in [0.25, 0.3) is 10.1 Å². The summed E-state index contributed by atoms with van der Waals surface area (Å²) in [6, 6.07) is 7.00. The third-order valence-electron chi connectivity index (χ3n) is 2.76. The minimum absolute atomic E-state index is 0.244. The minimum atomic E-state index is -4.29. The Hall–Kier alpha value is -2.12. The van der Waals surface area contributed by atoms with Crippen molar-refractivity contribution in [2.24, 2.45) is 0 Å². The first-order valence-corrected chi connectivity index (χ1v) is 6.73. The van der Waals surface area contributed by atoms with Crippen molar-refractivity contribution in [2.75, 3.05) is 5.73 Å². The van der Waals surface area contributed by atoms with Crippen LogP contribution in [0.3, 0.4) is 0 Å². The molecule has 4 N–H and O–H groups in total. The highest BCUT2D eigenvalue weighted by Gasteiger charge is 2.13. The van der Waals surface area contributed by atoms with Gasteiger partial charge >= 0.3 is 5.97 Å². The summed E-state index contributed by atoms with van der Waals surface area (Å²) < 4.78 is 31.1. The summed E-state index contributed by atoms with van der Waals surface area (Å²) in [6.07, 6.45) is -0.256. The van der Waals surface area contributed by atoms with E-state index in [-0.39, 0.29) is 11.3 Å². The lowest BCUT2D eigenvalue weighted by molar-refractivity contribution is -0.136. The standard InChI is InChI=1S/C12H11NO5S/c13-11-4-1-7-5-8(19(16,17)18)2-3-9(7)10(11)6-12(14)15/h1-5H,6,13H2,(H,14,15)(H,16,17,18). The van der Waals surface area contributed by atoms with E-state index >= 15 is 0 Å². The summed E-state index contributed by atoms with van der Waals surface area (Å²) in [7, 11) is -4.29. The summed E-state index contributed by atoms with van der Waals surface area (Å²) in [6.45, 7) is 0.